The Kier molecular flexibility index (Phi) is 4.00. The Bertz CT molecular complexity index is 575. The van der Waals surface area contributed by atoms with E-state index in [-0.39, 0.29) is 15.7 Å². The molecule has 0 bridgehead atoms. The molecule has 0 fully saturated rings. The quantitative estimate of drug-likeness (QED) is 0.685. The molecule has 0 aliphatic heterocycles. The maximum atomic E-state index is 10.9. The lowest BCUT2D eigenvalue weighted by atomic mass is 10.2. The van der Waals surface area contributed by atoms with Crippen molar-refractivity contribution in [2.45, 2.75) is 6.54 Å². The Morgan fingerprint density at radius 1 is 1.39 bits per heavy atom. The molecular formula is C10H7Cl2N3O2S. The smallest absolute Gasteiger partial charge is 0.293 e. The summed E-state index contributed by atoms with van der Waals surface area (Å²) in [5.74, 6) is 0. The van der Waals surface area contributed by atoms with Crippen molar-refractivity contribution in [1.82, 2.24) is 4.98 Å². The molecule has 1 aromatic carbocycles. The van der Waals surface area contributed by atoms with Crippen LogP contribution in [0.25, 0.3) is 0 Å². The number of aromatic nitrogens is 1. The average Bonchev–Trinajstić information content (AvgIpc) is 2.83. The van der Waals surface area contributed by atoms with Crippen molar-refractivity contribution in [2.75, 3.05) is 5.32 Å². The third kappa shape index (κ3) is 2.90. The van der Waals surface area contributed by atoms with Crippen LogP contribution in [0.4, 0.5) is 11.4 Å². The minimum atomic E-state index is -0.508. The number of thiazole rings is 1. The average molecular weight is 304 g/mol. The van der Waals surface area contributed by atoms with Gasteiger partial charge in [-0.05, 0) is 6.07 Å². The summed E-state index contributed by atoms with van der Waals surface area (Å²) in [5.41, 5.74) is 0.213. The van der Waals surface area contributed by atoms with Gasteiger partial charge in [-0.2, -0.15) is 0 Å². The lowest BCUT2D eigenvalue weighted by Gasteiger charge is -2.06. The van der Waals surface area contributed by atoms with E-state index >= 15 is 0 Å². The zero-order valence-electron chi connectivity index (χ0n) is 8.89. The molecular weight excluding hydrogens is 297 g/mol. The predicted octanol–water partition coefficient (Wildman–Crippen LogP) is 3.97. The number of nitrogens with zero attached hydrogens (tertiary/aromatic N) is 2. The SMILES string of the molecule is O=[N+]([O-])c1cc(Cl)c(Cl)cc1NCc1nccs1. The molecule has 0 unspecified atom stereocenters. The second-order valence-corrected chi connectivity index (χ2v) is 5.11. The number of hydrogen-bond donors (Lipinski definition) is 1. The first kappa shape index (κ1) is 13.1. The van der Waals surface area contributed by atoms with Crippen molar-refractivity contribution >= 4 is 45.9 Å². The normalized spacial score (nSPS) is 10.3. The zero-order valence-corrected chi connectivity index (χ0v) is 11.2. The van der Waals surface area contributed by atoms with Gasteiger partial charge in [0.25, 0.3) is 5.69 Å². The third-order valence-corrected chi connectivity index (χ3v) is 3.65. The Morgan fingerprint density at radius 3 is 2.72 bits per heavy atom. The molecule has 1 N–H and O–H groups in total. The van der Waals surface area contributed by atoms with Crippen LogP contribution in [0.15, 0.2) is 23.7 Å². The molecule has 18 heavy (non-hydrogen) atoms. The molecule has 0 spiro atoms. The van der Waals surface area contributed by atoms with Crippen LogP contribution in [-0.4, -0.2) is 9.91 Å². The molecule has 1 heterocycles. The van der Waals surface area contributed by atoms with Gasteiger partial charge in [-0.3, -0.25) is 10.1 Å². The summed E-state index contributed by atoms with van der Waals surface area (Å²) in [4.78, 5) is 14.5. The summed E-state index contributed by atoms with van der Waals surface area (Å²) in [5, 5.41) is 16.9. The summed E-state index contributed by atoms with van der Waals surface area (Å²) in [6.45, 7) is 0.399. The minimum Gasteiger partial charge on any atom is -0.373 e. The molecule has 1 aromatic heterocycles. The molecule has 0 aliphatic rings. The van der Waals surface area contributed by atoms with Crippen molar-refractivity contribution in [3.63, 3.8) is 0 Å². The van der Waals surface area contributed by atoms with Crippen LogP contribution in [-0.2, 0) is 6.54 Å². The number of halogens is 2. The molecule has 0 atom stereocenters. The highest BCUT2D eigenvalue weighted by Gasteiger charge is 2.16. The van der Waals surface area contributed by atoms with E-state index in [1.807, 2.05) is 5.38 Å². The number of hydrogen-bond acceptors (Lipinski definition) is 5. The van der Waals surface area contributed by atoms with Crippen LogP contribution in [0, 0.1) is 10.1 Å². The van der Waals surface area contributed by atoms with Crippen molar-refractivity contribution in [3.8, 4) is 0 Å². The Balaban J connectivity index is 2.25. The summed E-state index contributed by atoms with van der Waals surface area (Å²) < 4.78 is 0. The van der Waals surface area contributed by atoms with Crippen LogP contribution in [0.1, 0.15) is 5.01 Å². The van der Waals surface area contributed by atoms with Crippen LogP contribution in [0.2, 0.25) is 10.0 Å². The zero-order chi connectivity index (χ0) is 13.1. The van der Waals surface area contributed by atoms with Crippen molar-refractivity contribution in [3.05, 3.63) is 48.9 Å². The topological polar surface area (TPSA) is 68.1 Å². The fraction of sp³-hybridized carbons (Fsp3) is 0.100. The lowest BCUT2D eigenvalue weighted by Crippen LogP contribution is -2.02. The van der Waals surface area contributed by atoms with Gasteiger partial charge >= 0.3 is 0 Å². The summed E-state index contributed by atoms with van der Waals surface area (Å²) in [6, 6.07) is 2.67. The van der Waals surface area contributed by atoms with E-state index in [1.54, 1.807) is 6.20 Å². The number of nitro benzene ring substituents is 1. The molecule has 2 aromatic rings. The molecule has 0 saturated heterocycles. The number of nitro groups is 1. The second-order valence-electron chi connectivity index (χ2n) is 3.32. The van der Waals surface area contributed by atoms with Crippen LogP contribution >= 0.6 is 34.5 Å². The van der Waals surface area contributed by atoms with Crippen LogP contribution in [0.5, 0.6) is 0 Å². The molecule has 8 heteroatoms. The van der Waals surface area contributed by atoms with Gasteiger partial charge in [-0.15, -0.1) is 11.3 Å². The largest absolute Gasteiger partial charge is 0.373 e. The first-order valence-corrected chi connectivity index (χ1v) is 6.47. The van der Waals surface area contributed by atoms with Gasteiger partial charge in [0.2, 0.25) is 0 Å². The summed E-state index contributed by atoms with van der Waals surface area (Å²) >= 11 is 13.1. The van der Waals surface area contributed by atoms with E-state index in [1.165, 1.54) is 23.5 Å². The van der Waals surface area contributed by atoms with E-state index in [4.69, 9.17) is 23.2 Å². The van der Waals surface area contributed by atoms with E-state index < -0.39 is 4.92 Å². The van der Waals surface area contributed by atoms with Gasteiger partial charge in [-0.1, -0.05) is 23.2 Å². The first-order chi connectivity index (χ1) is 8.58. The maximum absolute atomic E-state index is 10.9. The van der Waals surface area contributed by atoms with Gasteiger partial charge < -0.3 is 5.32 Å². The summed E-state index contributed by atoms with van der Waals surface area (Å²) in [6.07, 6.45) is 1.67. The van der Waals surface area contributed by atoms with Crippen LogP contribution < -0.4 is 5.32 Å². The number of rotatable bonds is 4. The highest BCUT2D eigenvalue weighted by molar-refractivity contribution is 7.09. The fourth-order valence-electron chi connectivity index (χ4n) is 1.34. The molecule has 5 nitrogen and oxygen atoms in total. The Morgan fingerprint density at radius 2 is 2.11 bits per heavy atom. The number of anilines is 1. The molecule has 2 rings (SSSR count). The fourth-order valence-corrected chi connectivity index (χ4v) is 2.22. The monoisotopic (exact) mass is 303 g/mol. The summed E-state index contributed by atoms with van der Waals surface area (Å²) in [7, 11) is 0. The minimum absolute atomic E-state index is 0.110. The highest BCUT2D eigenvalue weighted by atomic mass is 35.5. The van der Waals surface area contributed by atoms with Crippen molar-refractivity contribution in [2.24, 2.45) is 0 Å². The highest BCUT2D eigenvalue weighted by Crippen LogP contribution is 2.34. The third-order valence-electron chi connectivity index (χ3n) is 2.15. The Labute approximate surface area is 117 Å². The molecule has 0 saturated carbocycles. The number of benzene rings is 1. The first-order valence-electron chi connectivity index (χ1n) is 4.83. The van der Waals surface area contributed by atoms with Gasteiger partial charge in [0, 0.05) is 17.6 Å². The van der Waals surface area contributed by atoms with Crippen molar-refractivity contribution < 1.29 is 4.92 Å². The Hall–Kier alpha value is -1.37. The molecule has 0 amide bonds. The lowest BCUT2D eigenvalue weighted by molar-refractivity contribution is -0.383. The van der Waals surface area contributed by atoms with Crippen LogP contribution in [0.3, 0.4) is 0 Å². The maximum Gasteiger partial charge on any atom is 0.293 e. The van der Waals surface area contributed by atoms with Gasteiger partial charge in [0.1, 0.15) is 10.7 Å². The van der Waals surface area contributed by atoms with Gasteiger partial charge in [-0.25, -0.2) is 4.98 Å². The standard InChI is InChI=1S/C10H7Cl2N3O2S/c11-6-3-8(9(15(16)17)4-7(6)12)14-5-10-13-1-2-18-10/h1-4,14H,5H2. The second kappa shape index (κ2) is 5.51. The van der Waals surface area contributed by atoms with E-state index in [9.17, 15) is 10.1 Å². The van der Waals surface area contributed by atoms with E-state index in [2.05, 4.69) is 10.3 Å². The van der Waals surface area contributed by atoms with Gasteiger partial charge in [0.15, 0.2) is 0 Å². The molecule has 94 valence electrons. The van der Waals surface area contributed by atoms with Crippen molar-refractivity contribution in [1.29, 1.82) is 0 Å². The predicted molar refractivity (Wildman–Crippen MR) is 72.6 cm³/mol. The molecule has 0 radical (unpaired) electrons. The van der Waals surface area contributed by atoms with E-state index in [0.29, 0.717) is 12.2 Å². The van der Waals surface area contributed by atoms with E-state index in [0.717, 1.165) is 5.01 Å². The molecule has 0 aliphatic carbocycles. The number of nitrogens with one attached hydrogen (secondary N) is 1. The van der Waals surface area contributed by atoms with Gasteiger partial charge in [0.05, 0.1) is 21.5 Å².